The fraction of sp³-hybridized carbons (Fsp3) is 0.158. The number of carbonyl (C=O) groups excluding carboxylic acids is 1. The molecule has 0 bridgehead atoms. The van der Waals surface area contributed by atoms with Crippen LogP contribution in [0.4, 0.5) is 5.69 Å². The van der Waals surface area contributed by atoms with Gasteiger partial charge in [-0.2, -0.15) is 4.72 Å². The van der Waals surface area contributed by atoms with Crippen LogP contribution in [0.5, 0.6) is 5.75 Å². The van der Waals surface area contributed by atoms with Crippen molar-refractivity contribution in [2.45, 2.75) is 24.5 Å². The van der Waals surface area contributed by atoms with Gasteiger partial charge in [-0.25, -0.2) is 13.4 Å². The number of rotatable bonds is 8. The maximum absolute atomic E-state index is 12.5. The van der Waals surface area contributed by atoms with E-state index in [1.807, 2.05) is 5.38 Å². The van der Waals surface area contributed by atoms with Crippen LogP contribution in [0, 0.1) is 0 Å². The molecule has 0 aliphatic carbocycles. The summed E-state index contributed by atoms with van der Waals surface area (Å²) in [6, 6.07) is 11.6. The molecule has 0 spiro atoms. The number of nitrogens with zero attached hydrogens (tertiary/aromatic N) is 1. The van der Waals surface area contributed by atoms with E-state index in [-0.39, 0.29) is 11.5 Å². The highest BCUT2D eigenvalue weighted by atomic mass is 35.5. The summed E-state index contributed by atoms with van der Waals surface area (Å²) < 4.78 is 33.0. The monoisotopic (exact) mass is 451 g/mol. The average Bonchev–Trinajstić information content (AvgIpc) is 3.21. The molecule has 1 atom stereocenters. The van der Waals surface area contributed by atoms with Crippen LogP contribution in [-0.4, -0.2) is 25.4 Å². The number of nitrogens with one attached hydrogen (secondary N) is 2. The van der Waals surface area contributed by atoms with Crippen LogP contribution in [0.2, 0.25) is 5.02 Å². The third kappa shape index (κ3) is 5.77. The number of ether oxygens (including phenoxy) is 1. The Labute approximate surface area is 177 Å². The smallest absolute Gasteiger partial charge is 0.242 e. The van der Waals surface area contributed by atoms with Gasteiger partial charge >= 0.3 is 0 Å². The minimum Gasteiger partial charge on any atom is -0.485 e. The van der Waals surface area contributed by atoms with Gasteiger partial charge in [0.15, 0.2) is 0 Å². The van der Waals surface area contributed by atoms with Crippen LogP contribution in [0.1, 0.15) is 12.6 Å². The molecule has 10 heteroatoms. The Hall–Kier alpha value is -2.46. The number of thiazole rings is 1. The fourth-order valence-electron chi connectivity index (χ4n) is 2.37. The van der Waals surface area contributed by atoms with E-state index in [9.17, 15) is 13.2 Å². The summed E-state index contributed by atoms with van der Waals surface area (Å²) in [4.78, 5) is 16.7. The lowest BCUT2D eigenvalue weighted by molar-refractivity contribution is -0.117. The summed E-state index contributed by atoms with van der Waals surface area (Å²) in [7, 11) is -3.87. The summed E-state index contributed by atoms with van der Waals surface area (Å²) in [5.41, 5.74) is 2.92. The zero-order chi connectivity index (χ0) is 20.9. The van der Waals surface area contributed by atoms with E-state index in [1.165, 1.54) is 42.5 Å². The standard InChI is InChI=1S/C19H18ClN3O4S2/c1-13(23-29(25,26)16-8-6-14(20)7-9-16)19(24)22-17-4-2-3-5-18(17)27-10-15-11-28-12-21-15/h2-9,11-13,23H,10H2,1H3,(H,22,24)/t13-/m0/s1. The van der Waals surface area contributed by atoms with Crippen LogP contribution in [0.3, 0.4) is 0 Å². The van der Waals surface area contributed by atoms with Gasteiger partial charge in [0, 0.05) is 10.4 Å². The number of sulfonamides is 1. The second-order valence-electron chi connectivity index (χ2n) is 6.05. The minimum absolute atomic E-state index is 0.0218. The zero-order valence-corrected chi connectivity index (χ0v) is 17.7. The number of aromatic nitrogens is 1. The van der Waals surface area contributed by atoms with Crippen molar-refractivity contribution in [1.82, 2.24) is 9.71 Å². The zero-order valence-electron chi connectivity index (χ0n) is 15.3. The summed E-state index contributed by atoms with van der Waals surface area (Å²) in [6.07, 6.45) is 0. The van der Waals surface area contributed by atoms with Crippen molar-refractivity contribution >= 4 is 44.6 Å². The molecular formula is C19H18ClN3O4S2. The molecule has 0 fully saturated rings. The predicted octanol–water partition coefficient (Wildman–Crippen LogP) is 3.68. The highest BCUT2D eigenvalue weighted by molar-refractivity contribution is 7.89. The van der Waals surface area contributed by atoms with Crippen LogP contribution in [-0.2, 0) is 21.4 Å². The van der Waals surface area contributed by atoms with E-state index in [1.54, 1.807) is 29.8 Å². The second kappa shape index (κ2) is 9.36. The molecule has 3 aromatic rings. The molecule has 0 unspecified atom stereocenters. The van der Waals surface area contributed by atoms with Gasteiger partial charge in [-0.05, 0) is 43.3 Å². The number of anilines is 1. The number of hydrogen-bond donors (Lipinski definition) is 2. The Balaban J connectivity index is 1.65. The molecule has 7 nitrogen and oxygen atoms in total. The third-order valence-electron chi connectivity index (χ3n) is 3.85. The highest BCUT2D eigenvalue weighted by Gasteiger charge is 2.22. The third-order valence-corrected chi connectivity index (χ3v) is 6.30. The Morgan fingerprint density at radius 3 is 2.62 bits per heavy atom. The van der Waals surface area contributed by atoms with Crippen molar-refractivity contribution in [3.05, 3.63) is 70.1 Å². The lowest BCUT2D eigenvalue weighted by Crippen LogP contribution is -2.41. The maximum atomic E-state index is 12.5. The van der Waals surface area contributed by atoms with Gasteiger partial charge in [-0.1, -0.05) is 23.7 Å². The molecule has 1 aromatic heterocycles. The number of amides is 1. The maximum Gasteiger partial charge on any atom is 0.242 e. The Morgan fingerprint density at radius 2 is 1.93 bits per heavy atom. The van der Waals surface area contributed by atoms with E-state index < -0.39 is 22.0 Å². The molecular weight excluding hydrogens is 434 g/mol. The molecule has 0 aliphatic heterocycles. The predicted molar refractivity (Wildman–Crippen MR) is 113 cm³/mol. The lowest BCUT2D eigenvalue weighted by atomic mass is 10.2. The normalized spacial score (nSPS) is 12.3. The van der Waals surface area contributed by atoms with E-state index in [4.69, 9.17) is 16.3 Å². The summed E-state index contributed by atoms with van der Waals surface area (Å²) in [5, 5.41) is 4.98. The first-order valence-corrected chi connectivity index (χ1v) is 11.3. The molecule has 0 aliphatic rings. The number of benzene rings is 2. The van der Waals surface area contributed by atoms with E-state index >= 15 is 0 Å². The topological polar surface area (TPSA) is 97.4 Å². The van der Waals surface area contributed by atoms with Crippen LogP contribution in [0.15, 0.2) is 64.3 Å². The highest BCUT2D eigenvalue weighted by Crippen LogP contribution is 2.25. The van der Waals surface area contributed by atoms with Gasteiger partial charge < -0.3 is 10.1 Å². The Bertz CT molecular complexity index is 1070. The first-order valence-electron chi connectivity index (χ1n) is 8.53. The molecule has 0 radical (unpaired) electrons. The van der Waals surface area contributed by atoms with Crippen molar-refractivity contribution < 1.29 is 17.9 Å². The fourth-order valence-corrected chi connectivity index (χ4v) is 4.24. The quantitative estimate of drug-likeness (QED) is 0.544. The molecule has 29 heavy (non-hydrogen) atoms. The Morgan fingerprint density at radius 1 is 1.21 bits per heavy atom. The molecule has 1 heterocycles. The van der Waals surface area contributed by atoms with Gasteiger partial charge in [-0.3, -0.25) is 4.79 Å². The minimum atomic E-state index is -3.87. The van der Waals surface area contributed by atoms with Crippen molar-refractivity contribution in [2.24, 2.45) is 0 Å². The van der Waals surface area contributed by atoms with Gasteiger partial charge in [0.2, 0.25) is 15.9 Å². The van der Waals surface area contributed by atoms with Gasteiger partial charge in [0.25, 0.3) is 0 Å². The molecule has 1 amide bonds. The first kappa shape index (κ1) is 21.3. The Kier molecular flexibility index (Phi) is 6.86. The van der Waals surface area contributed by atoms with Crippen molar-refractivity contribution in [3.8, 4) is 5.75 Å². The largest absolute Gasteiger partial charge is 0.485 e. The molecule has 3 rings (SSSR count). The van der Waals surface area contributed by atoms with E-state index in [0.29, 0.717) is 16.5 Å². The summed E-state index contributed by atoms with van der Waals surface area (Å²) in [6.45, 7) is 1.72. The van der Waals surface area contributed by atoms with Gasteiger partial charge in [0.1, 0.15) is 12.4 Å². The van der Waals surface area contributed by atoms with E-state index in [2.05, 4.69) is 15.0 Å². The lowest BCUT2D eigenvalue weighted by Gasteiger charge is -2.16. The first-order chi connectivity index (χ1) is 13.8. The summed E-state index contributed by atoms with van der Waals surface area (Å²) >= 11 is 7.25. The van der Waals surface area contributed by atoms with E-state index in [0.717, 1.165) is 5.69 Å². The number of hydrogen-bond acceptors (Lipinski definition) is 6. The molecule has 0 saturated heterocycles. The average molecular weight is 452 g/mol. The van der Waals surface area contributed by atoms with Crippen LogP contribution in [0.25, 0.3) is 0 Å². The van der Waals surface area contributed by atoms with Crippen LogP contribution >= 0.6 is 22.9 Å². The van der Waals surface area contributed by atoms with Gasteiger partial charge in [0.05, 0.1) is 27.8 Å². The second-order valence-corrected chi connectivity index (χ2v) is 8.92. The van der Waals surface area contributed by atoms with Crippen LogP contribution < -0.4 is 14.8 Å². The van der Waals surface area contributed by atoms with Crippen molar-refractivity contribution in [3.63, 3.8) is 0 Å². The molecule has 0 saturated carbocycles. The van der Waals surface area contributed by atoms with Crippen molar-refractivity contribution in [2.75, 3.05) is 5.32 Å². The molecule has 152 valence electrons. The number of halogens is 1. The number of carbonyl (C=O) groups is 1. The SMILES string of the molecule is C[C@H](NS(=O)(=O)c1ccc(Cl)cc1)C(=O)Nc1ccccc1OCc1cscn1. The summed E-state index contributed by atoms with van der Waals surface area (Å²) in [5.74, 6) is -0.0612. The molecule has 2 aromatic carbocycles. The number of para-hydroxylation sites is 2. The van der Waals surface area contributed by atoms with Crippen molar-refractivity contribution in [1.29, 1.82) is 0 Å². The van der Waals surface area contributed by atoms with Gasteiger partial charge in [-0.15, -0.1) is 11.3 Å². The molecule has 2 N–H and O–H groups in total.